The summed E-state index contributed by atoms with van der Waals surface area (Å²) in [5, 5.41) is 6.01. The maximum Gasteiger partial charge on any atom is 0.325 e. The fourth-order valence-corrected chi connectivity index (χ4v) is 5.66. The molecule has 1 spiro atoms. The number of hydrogen-bond acceptors (Lipinski definition) is 6. The zero-order chi connectivity index (χ0) is 23.9. The summed E-state index contributed by atoms with van der Waals surface area (Å²) in [7, 11) is 1.90. The van der Waals surface area contributed by atoms with Crippen LogP contribution in [0.25, 0.3) is 22.0 Å². The van der Waals surface area contributed by atoms with Gasteiger partial charge < -0.3 is 15.2 Å². The van der Waals surface area contributed by atoms with Crippen LogP contribution in [-0.2, 0) is 16.6 Å². The molecule has 0 radical (unpaired) electrons. The standard InChI is InChI=1S/C24H26N6O3S/c1-15-8-10-24(11-9-15)21(32)30(23(33)28-24)14-17(31)26-22-27-18(16-6-4-3-5-7-16)19(34-22)20-25-12-13-29(20)2/h3-7,12-13,15H,8-11,14H2,1-2H3,(H,28,33)(H,26,27,31). The predicted octanol–water partition coefficient (Wildman–Crippen LogP) is 3.65. The fraction of sp³-hybridized carbons (Fsp3) is 0.375. The number of benzene rings is 1. The molecule has 1 aliphatic carbocycles. The topological polar surface area (TPSA) is 109 Å². The number of carbonyl (C=O) groups excluding carboxylic acids is 3. The molecule has 9 nitrogen and oxygen atoms in total. The molecule has 2 aromatic heterocycles. The van der Waals surface area contributed by atoms with E-state index in [0.717, 1.165) is 34.0 Å². The van der Waals surface area contributed by atoms with Crippen molar-refractivity contribution >= 4 is 34.3 Å². The van der Waals surface area contributed by atoms with Gasteiger partial charge in [-0.1, -0.05) is 48.6 Å². The van der Waals surface area contributed by atoms with Crippen LogP contribution in [0.1, 0.15) is 32.6 Å². The maximum absolute atomic E-state index is 13.1. The van der Waals surface area contributed by atoms with Crippen molar-refractivity contribution in [2.24, 2.45) is 13.0 Å². The lowest BCUT2D eigenvalue weighted by molar-refractivity contribution is -0.135. The van der Waals surface area contributed by atoms with Gasteiger partial charge in [0.1, 0.15) is 12.1 Å². The minimum Gasteiger partial charge on any atom is -0.333 e. The Bertz CT molecular complexity index is 1240. The van der Waals surface area contributed by atoms with E-state index in [4.69, 9.17) is 0 Å². The molecule has 1 aromatic carbocycles. The van der Waals surface area contributed by atoms with Gasteiger partial charge in [0.2, 0.25) is 5.91 Å². The third kappa shape index (κ3) is 3.98. The molecular weight excluding hydrogens is 452 g/mol. The number of imide groups is 1. The average Bonchev–Trinajstić information content (AvgIpc) is 3.49. The normalized spacial score (nSPS) is 22.3. The van der Waals surface area contributed by atoms with Crippen LogP contribution < -0.4 is 10.6 Å². The zero-order valence-corrected chi connectivity index (χ0v) is 19.9. The van der Waals surface area contributed by atoms with Gasteiger partial charge in [-0.05, 0) is 31.6 Å². The molecule has 176 valence electrons. The van der Waals surface area contributed by atoms with Crippen LogP contribution in [0.15, 0.2) is 42.7 Å². The number of rotatable bonds is 5. The second kappa shape index (κ2) is 8.68. The van der Waals surface area contributed by atoms with Crippen LogP contribution in [0, 0.1) is 5.92 Å². The van der Waals surface area contributed by atoms with E-state index in [-0.39, 0.29) is 12.5 Å². The lowest BCUT2D eigenvalue weighted by atomic mass is 9.77. The molecule has 1 saturated carbocycles. The summed E-state index contributed by atoms with van der Waals surface area (Å²) in [6.07, 6.45) is 6.53. The smallest absolute Gasteiger partial charge is 0.325 e. The zero-order valence-electron chi connectivity index (χ0n) is 19.1. The highest BCUT2D eigenvalue weighted by atomic mass is 32.1. The summed E-state index contributed by atoms with van der Waals surface area (Å²) in [5.41, 5.74) is 0.747. The number of aryl methyl sites for hydroxylation is 1. The molecule has 0 unspecified atom stereocenters. The third-order valence-electron chi connectivity index (χ3n) is 6.62. The van der Waals surface area contributed by atoms with E-state index in [1.165, 1.54) is 11.3 Å². The van der Waals surface area contributed by atoms with E-state index < -0.39 is 17.5 Å². The molecule has 1 aliphatic heterocycles. The number of urea groups is 1. The summed E-state index contributed by atoms with van der Waals surface area (Å²) < 4.78 is 1.89. The van der Waals surface area contributed by atoms with Gasteiger partial charge in [-0.2, -0.15) is 0 Å². The third-order valence-corrected chi connectivity index (χ3v) is 7.59. The highest BCUT2D eigenvalue weighted by Gasteiger charge is 2.52. The Balaban J connectivity index is 1.35. The molecule has 10 heteroatoms. The van der Waals surface area contributed by atoms with Crippen molar-refractivity contribution in [2.45, 2.75) is 38.1 Å². The number of amides is 4. The van der Waals surface area contributed by atoms with Crippen LogP contribution in [0.2, 0.25) is 0 Å². The molecule has 5 rings (SSSR count). The van der Waals surface area contributed by atoms with Crippen molar-refractivity contribution in [3.8, 4) is 22.0 Å². The van der Waals surface area contributed by atoms with Crippen molar-refractivity contribution in [3.63, 3.8) is 0 Å². The summed E-state index contributed by atoms with van der Waals surface area (Å²) >= 11 is 1.31. The number of anilines is 1. The van der Waals surface area contributed by atoms with E-state index in [1.807, 2.05) is 48.1 Å². The Morgan fingerprint density at radius 1 is 1.24 bits per heavy atom. The Morgan fingerprint density at radius 3 is 2.65 bits per heavy atom. The molecule has 3 aromatic rings. The second-order valence-corrected chi connectivity index (χ2v) is 10.1. The van der Waals surface area contributed by atoms with Gasteiger partial charge in [0, 0.05) is 25.0 Å². The van der Waals surface area contributed by atoms with Crippen LogP contribution >= 0.6 is 11.3 Å². The summed E-state index contributed by atoms with van der Waals surface area (Å²) in [6.45, 7) is 1.80. The molecule has 3 heterocycles. The number of thiazole rings is 1. The highest BCUT2D eigenvalue weighted by molar-refractivity contribution is 7.19. The second-order valence-electron chi connectivity index (χ2n) is 9.06. The first-order valence-corrected chi connectivity index (χ1v) is 12.2. The molecule has 0 atom stereocenters. The van der Waals surface area contributed by atoms with Gasteiger partial charge in [0.05, 0.1) is 10.6 Å². The highest BCUT2D eigenvalue weighted by Crippen LogP contribution is 2.39. The number of aromatic nitrogens is 3. The van der Waals surface area contributed by atoms with Crippen LogP contribution in [0.3, 0.4) is 0 Å². The molecule has 2 aliphatic rings. The van der Waals surface area contributed by atoms with E-state index >= 15 is 0 Å². The summed E-state index contributed by atoms with van der Waals surface area (Å²) in [6, 6.07) is 9.17. The van der Waals surface area contributed by atoms with Crippen LogP contribution in [0.5, 0.6) is 0 Å². The van der Waals surface area contributed by atoms with E-state index in [0.29, 0.717) is 29.6 Å². The Morgan fingerprint density at radius 2 is 1.97 bits per heavy atom. The minimum absolute atomic E-state index is 0.308. The quantitative estimate of drug-likeness (QED) is 0.544. The monoisotopic (exact) mass is 478 g/mol. The van der Waals surface area contributed by atoms with Gasteiger partial charge in [-0.15, -0.1) is 0 Å². The number of carbonyl (C=O) groups is 3. The Labute approximate surface area is 201 Å². The summed E-state index contributed by atoms with van der Waals surface area (Å²) in [5.74, 6) is 0.491. The van der Waals surface area contributed by atoms with Gasteiger partial charge in [0.15, 0.2) is 11.0 Å². The lowest BCUT2D eigenvalue weighted by Gasteiger charge is -2.33. The van der Waals surface area contributed by atoms with Crippen molar-refractivity contribution in [2.75, 3.05) is 11.9 Å². The van der Waals surface area contributed by atoms with Crippen molar-refractivity contribution < 1.29 is 14.4 Å². The van der Waals surface area contributed by atoms with Gasteiger partial charge in [-0.25, -0.2) is 14.8 Å². The van der Waals surface area contributed by atoms with E-state index in [1.54, 1.807) is 6.20 Å². The lowest BCUT2D eigenvalue weighted by Crippen LogP contribution is -2.49. The number of nitrogens with zero attached hydrogens (tertiary/aromatic N) is 4. The first-order chi connectivity index (χ1) is 16.4. The summed E-state index contributed by atoms with van der Waals surface area (Å²) in [4.78, 5) is 49.4. The Kier molecular flexibility index (Phi) is 5.68. The fourth-order valence-electron chi connectivity index (χ4n) is 4.62. The van der Waals surface area contributed by atoms with Gasteiger partial charge >= 0.3 is 6.03 Å². The van der Waals surface area contributed by atoms with Crippen LogP contribution in [0.4, 0.5) is 9.93 Å². The van der Waals surface area contributed by atoms with Gasteiger partial charge in [-0.3, -0.25) is 14.5 Å². The van der Waals surface area contributed by atoms with E-state index in [2.05, 4.69) is 27.5 Å². The van der Waals surface area contributed by atoms with Crippen molar-refractivity contribution in [1.29, 1.82) is 0 Å². The Hall–Kier alpha value is -3.53. The number of nitrogens with one attached hydrogen (secondary N) is 2. The molecule has 4 amide bonds. The predicted molar refractivity (Wildman–Crippen MR) is 129 cm³/mol. The molecule has 0 bridgehead atoms. The van der Waals surface area contributed by atoms with E-state index in [9.17, 15) is 14.4 Å². The first kappa shape index (κ1) is 22.3. The first-order valence-electron chi connectivity index (χ1n) is 11.3. The molecule has 2 N–H and O–H groups in total. The largest absolute Gasteiger partial charge is 0.333 e. The SMILES string of the molecule is CC1CCC2(CC1)NC(=O)N(CC(=O)Nc1nc(-c3ccccc3)c(-c3nccn3C)s1)C2=O. The maximum atomic E-state index is 13.1. The van der Waals surface area contributed by atoms with Crippen LogP contribution in [-0.4, -0.2) is 49.4 Å². The minimum atomic E-state index is -0.864. The molecular formula is C24H26N6O3S. The number of hydrogen-bond donors (Lipinski definition) is 2. The average molecular weight is 479 g/mol. The van der Waals surface area contributed by atoms with Crippen molar-refractivity contribution in [3.05, 3.63) is 42.7 Å². The molecule has 34 heavy (non-hydrogen) atoms. The molecule has 1 saturated heterocycles. The molecule has 2 fully saturated rings. The van der Waals surface area contributed by atoms with Gasteiger partial charge in [0.25, 0.3) is 5.91 Å². The number of imidazole rings is 1. The van der Waals surface area contributed by atoms with Crippen molar-refractivity contribution in [1.82, 2.24) is 24.8 Å².